The third kappa shape index (κ3) is 1.31. The van der Waals surface area contributed by atoms with Gasteiger partial charge in [-0.2, -0.15) is 0 Å². The Kier molecular flexibility index (Phi) is 1.80. The molecule has 0 aromatic heterocycles. The number of hydrogen-bond acceptors (Lipinski definition) is 1. The molecule has 0 aromatic rings. The van der Waals surface area contributed by atoms with Gasteiger partial charge >= 0.3 is 0 Å². The Labute approximate surface area is 73.9 Å². The highest BCUT2D eigenvalue weighted by atomic mass is 14.9. The predicted octanol–water partition coefficient (Wildman–Crippen LogP) is 2.39. The molecule has 1 atom stereocenters. The zero-order chi connectivity index (χ0) is 8.55. The van der Waals surface area contributed by atoms with Crippen molar-refractivity contribution >= 4 is 0 Å². The van der Waals surface area contributed by atoms with Gasteiger partial charge in [-0.3, -0.25) is 0 Å². The molecule has 1 N–H and O–H groups in total. The number of nitrogens with one attached hydrogen (secondary N) is 1. The van der Waals surface area contributed by atoms with Gasteiger partial charge in [-0.25, -0.2) is 0 Å². The lowest BCUT2D eigenvalue weighted by atomic mass is 10.1. The molecule has 1 unspecified atom stereocenters. The molecule has 1 aliphatic heterocycles. The van der Waals surface area contributed by atoms with Crippen LogP contribution in [0.3, 0.4) is 0 Å². The van der Waals surface area contributed by atoms with Crippen molar-refractivity contribution < 1.29 is 0 Å². The Morgan fingerprint density at radius 1 is 1.42 bits per heavy atom. The number of hydrogen-bond donors (Lipinski definition) is 1. The van der Waals surface area contributed by atoms with Crippen LogP contribution in [0.25, 0.3) is 0 Å². The highest BCUT2D eigenvalue weighted by molar-refractivity contribution is 5.42. The summed E-state index contributed by atoms with van der Waals surface area (Å²) in [5.41, 5.74) is 4.21. The predicted molar refractivity (Wildman–Crippen MR) is 51.7 cm³/mol. The van der Waals surface area contributed by atoms with Crippen LogP contribution in [0, 0.1) is 5.92 Å². The first-order chi connectivity index (χ1) is 5.75. The second-order valence-corrected chi connectivity index (χ2v) is 3.70. The molecule has 1 saturated heterocycles. The summed E-state index contributed by atoms with van der Waals surface area (Å²) < 4.78 is 0. The molecule has 0 bridgehead atoms. The molecule has 1 heterocycles. The third-order valence-corrected chi connectivity index (χ3v) is 2.42. The van der Waals surface area contributed by atoms with E-state index in [4.69, 9.17) is 0 Å². The van der Waals surface area contributed by atoms with Crippen LogP contribution in [-0.4, -0.2) is 6.54 Å². The minimum absolute atomic E-state index is 0.591. The van der Waals surface area contributed by atoms with E-state index in [2.05, 4.69) is 37.4 Å². The molecule has 1 nitrogen and oxygen atoms in total. The van der Waals surface area contributed by atoms with E-state index in [1.54, 1.807) is 0 Å². The molecule has 2 aliphatic rings. The van der Waals surface area contributed by atoms with Gasteiger partial charge in [0.2, 0.25) is 0 Å². The highest BCUT2D eigenvalue weighted by Gasteiger charge is 2.15. The minimum atomic E-state index is 0.591. The number of allylic oxidation sites excluding steroid dienone is 5. The van der Waals surface area contributed by atoms with E-state index in [0.717, 1.165) is 6.54 Å². The molecule has 12 heavy (non-hydrogen) atoms. The quantitative estimate of drug-likeness (QED) is 0.575. The lowest BCUT2D eigenvalue weighted by molar-refractivity contribution is 0.896. The first kappa shape index (κ1) is 7.66. The van der Waals surface area contributed by atoms with Gasteiger partial charge in [0.05, 0.1) is 0 Å². The van der Waals surface area contributed by atoms with Crippen molar-refractivity contribution in [3.05, 3.63) is 35.1 Å². The third-order valence-electron chi connectivity index (χ3n) is 2.42. The second-order valence-electron chi connectivity index (χ2n) is 3.70. The fourth-order valence-electron chi connectivity index (χ4n) is 1.95. The molecule has 0 aromatic carbocycles. The summed E-state index contributed by atoms with van der Waals surface area (Å²) in [7, 11) is 0. The number of fused-ring (bicyclic) bond motifs is 1. The largest absolute Gasteiger partial charge is 0.384 e. The van der Waals surface area contributed by atoms with Gasteiger partial charge in [0.25, 0.3) is 0 Å². The van der Waals surface area contributed by atoms with Crippen molar-refractivity contribution in [1.82, 2.24) is 5.32 Å². The summed E-state index contributed by atoms with van der Waals surface area (Å²) in [6.45, 7) is 5.52. The summed E-state index contributed by atoms with van der Waals surface area (Å²) in [5, 5.41) is 3.40. The van der Waals surface area contributed by atoms with Crippen LogP contribution >= 0.6 is 0 Å². The second kappa shape index (κ2) is 2.81. The molecule has 0 amide bonds. The zero-order valence-electron chi connectivity index (χ0n) is 7.72. The van der Waals surface area contributed by atoms with Gasteiger partial charge in [-0.05, 0) is 30.9 Å². The maximum absolute atomic E-state index is 3.40. The Balaban J connectivity index is 2.39. The van der Waals surface area contributed by atoms with Crippen molar-refractivity contribution in [1.29, 1.82) is 0 Å². The van der Waals surface area contributed by atoms with E-state index in [1.807, 2.05) is 0 Å². The van der Waals surface area contributed by atoms with E-state index < -0.39 is 0 Å². The van der Waals surface area contributed by atoms with Crippen LogP contribution in [0.5, 0.6) is 0 Å². The standard InChI is InChI=1S/C11H15N/c1-8-5-9(2)7-11-10(6-8)3-4-12-11/h5-8,12H,3-4H2,1-2H3. The lowest BCUT2D eigenvalue weighted by Crippen LogP contribution is -2.03. The average Bonchev–Trinajstić information content (AvgIpc) is 2.31. The van der Waals surface area contributed by atoms with Crippen molar-refractivity contribution in [2.24, 2.45) is 5.92 Å². The monoisotopic (exact) mass is 161 g/mol. The van der Waals surface area contributed by atoms with Gasteiger partial charge in [-0.15, -0.1) is 0 Å². The topological polar surface area (TPSA) is 12.0 Å². The van der Waals surface area contributed by atoms with Crippen LogP contribution < -0.4 is 5.32 Å². The summed E-state index contributed by atoms with van der Waals surface area (Å²) in [6.07, 6.45) is 8.11. The molecule has 1 heteroatoms. The maximum Gasteiger partial charge on any atom is 0.0373 e. The lowest BCUT2D eigenvalue weighted by Gasteiger charge is -1.99. The Hall–Kier alpha value is -0.980. The van der Waals surface area contributed by atoms with E-state index in [1.165, 1.54) is 23.3 Å². The van der Waals surface area contributed by atoms with Crippen molar-refractivity contribution in [3.8, 4) is 0 Å². The van der Waals surface area contributed by atoms with Gasteiger partial charge in [0.1, 0.15) is 0 Å². The van der Waals surface area contributed by atoms with Crippen LogP contribution in [-0.2, 0) is 0 Å². The molecule has 1 fully saturated rings. The van der Waals surface area contributed by atoms with E-state index in [-0.39, 0.29) is 0 Å². The summed E-state index contributed by atoms with van der Waals surface area (Å²) in [5.74, 6) is 0.591. The smallest absolute Gasteiger partial charge is 0.0373 e. The average molecular weight is 161 g/mol. The molecule has 0 radical (unpaired) electrons. The van der Waals surface area contributed by atoms with Gasteiger partial charge in [0.15, 0.2) is 0 Å². The molecule has 0 saturated carbocycles. The Bertz CT molecular complexity index is 281. The molecule has 2 rings (SSSR count). The van der Waals surface area contributed by atoms with E-state index >= 15 is 0 Å². The van der Waals surface area contributed by atoms with Gasteiger partial charge in [-0.1, -0.05) is 24.6 Å². The maximum atomic E-state index is 3.40. The van der Waals surface area contributed by atoms with Crippen molar-refractivity contribution in [3.63, 3.8) is 0 Å². The molecular formula is C11H15N. The fourth-order valence-corrected chi connectivity index (χ4v) is 1.95. The Morgan fingerprint density at radius 3 is 3.08 bits per heavy atom. The molecule has 0 spiro atoms. The fraction of sp³-hybridized carbons (Fsp3) is 0.455. The van der Waals surface area contributed by atoms with Crippen LogP contribution in [0.15, 0.2) is 35.1 Å². The van der Waals surface area contributed by atoms with E-state index in [0.29, 0.717) is 5.92 Å². The molecule has 1 aliphatic carbocycles. The number of rotatable bonds is 0. The van der Waals surface area contributed by atoms with E-state index in [9.17, 15) is 0 Å². The first-order valence-corrected chi connectivity index (χ1v) is 4.61. The zero-order valence-corrected chi connectivity index (χ0v) is 7.72. The van der Waals surface area contributed by atoms with Crippen LogP contribution in [0.2, 0.25) is 0 Å². The van der Waals surface area contributed by atoms with Crippen molar-refractivity contribution in [2.75, 3.05) is 6.54 Å². The Morgan fingerprint density at radius 2 is 2.25 bits per heavy atom. The van der Waals surface area contributed by atoms with Crippen LogP contribution in [0.4, 0.5) is 0 Å². The first-order valence-electron chi connectivity index (χ1n) is 4.61. The van der Waals surface area contributed by atoms with Crippen LogP contribution in [0.1, 0.15) is 20.3 Å². The summed E-state index contributed by atoms with van der Waals surface area (Å²) in [4.78, 5) is 0. The SMILES string of the molecule is CC1=CC(C)C=C2CCNC2=C1. The molecular weight excluding hydrogens is 146 g/mol. The summed E-state index contributed by atoms with van der Waals surface area (Å²) >= 11 is 0. The van der Waals surface area contributed by atoms with Crippen molar-refractivity contribution in [2.45, 2.75) is 20.3 Å². The van der Waals surface area contributed by atoms with Gasteiger partial charge < -0.3 is 5.32 Å². The molecule has 64 valence electrons. The minimum Gasteiger partial charge on any atom is -0.384 e. The normalized spacial score (nSPS) is 27.8. The summed E-state index contributed by atoms with van der Waals surface area (Å²) in [6, 6.07) is 0. The van der Waals surface area contributed by atoms with Gasteiger partial charge in [0, 0.05) is 12.2 Å². The highest BCUT2D eigenvalue weighted by Crippen LogP contribution is 2.25.